The van der Waals surface area contributed by atoms with Crippen LogP contribution in [0.15, 0.2) is 66.9 Å². The molecule has 0 atom stereocenters. The zero-order chi connectivity index (χ0) is 30.0. The summed E-state index contributed by atoms with van der Waals surface area (Å²) in [5.41, 5.74) is 4.20. The number of carbonyl (C=O) groups excluding carboxylic acids is 1. The van der Waals surface area contributed by atoms with E-state index in [2.05, 4.69) is 20.9 Å². The summed E-state index contributed by atoms with van der Waals surface area (Å²) in [7, 11) is 1.66. The number of imidazole rings is 1. The lowest BCUT2D eigenvalue weighted by Crippen LogP contribution is -2.31. The first-order chi connectivity index (χ1) is 20.8. The number of nitrogens with zero attached hydrogens (tertiary/aromatic N) is 5. The van der Waals surface area contributed by atoms with Crippen LogP contribution in [0.4, 0.5) is 16.4 Å². The summed E-state index contributed by atoms with van der Waals surface area (Å²) < 4.78 is 15.0. The van der Waals surface area contributed by atoms with Gasteiger partial charge >= 0.3 is 6.09 Å². The van der Waals surface area contributed by atoms with Crippen molar-refractivity contribution in [1.82, 2.24) is 24.0 Å². The molecule has 43 heavy (non-hydrogen) atoms. The average Bonchev–Trinajstić information content (AvgIpc) is 3.55. The summed E-state index contributed by atoms with van der Waals surface area (Å²) >= 11 is 0. The molecule has 1 aliphatic rings. The molecule has 2 aromatic carbocycles. The van der Waals surface area contributed by atoms with Crippen LogP contribution >= 0.6 is 0 Å². The number of hydrogen-bond donors (Lipinski definition) is 1. The molecule has 0 bridgehead atoms. The van der Waals surface area contributed by atoms with Crippen LogP contribution in [0.3, 0.4) is 0 Å². The lowest BCUT2D eigenvalue weighted by molar-refractivity contribution is 0.0547. The molecular formula is C34H40N6O3. The van der Waals surface area contributed by atoms with Gasteiger partial charge in [-0.15, -0.1) is 0 Å². The van der Waals surface area contributed by atoms with Crippen molar-refractivity contribution in [3.8, 4) is 17.0 Å². The number of likely N-dealkylation sites (tertiary alicyclic amines) is 1. The summed E-state index contributed by atoms with van der Waals surface area (Å²) in [6.45, 7) is 9.80. The van der Waals surface area contributed by atoms with Crippen molar-refractivity contribution in [3.63, 3.8) is 0 Å². The lowest BCUT2D eigenvalue weighted by Gasteiger charge is -2.26. The van der Waals surface area contributed by atoms with Crippen LogP contribution in [-0.4, -0.2) is 62.4 Å². The highest BCUT2D eigenvalue weighted by molar-refractivity contribution is 5.97. The number of aryl methyl sites for hydroxylation is 1. The highest BCUT2D eigenvalue weighted by atomic mass is 16.6. The van der Waals surface area contributed by atoms with Crippen LogP contribution in [0.2, 0.25) is 0 Å². The predicted octanol–water partition coefficient (Wildman–Crippen LogP) is 7.46. The molecule has 224 valence electrons. The molecule has 0 amide bonds. The lowest BCUT2D eigenvalue weighted by atomic mass is 10.1. The van der Waals surface area contributed by atoms with Crippen LogP contribution in [0, 0.1) is 0 Å². The predicted molar refractivity (Wildman–Crippen MR) is 171 cm³/mol. The molecule has 1 saturated heterocycles. The standard InChI is InChI=1S/C34H40N6O3/c1-34(2,3)43-33(41)40-28-12-7-6-11-24(28)21-29(40)25-22-30-31(35-23-25)37-32(36-26-13-15-27(42-4)16-14-26)39(30)20-10-19-38-17-8-5-9-18-38/h6-7,11-16,21-23H,5,8-10,17-20H2,1-4H3,(H,35,36,37). The van der Waals surface area contributed by atoms with Crippen molar-refractivity contribution in [1.29, 1.82) is 0 Å². The summed E-state index contributed by atoms with van der Waals surface area (Å²) in [6.07, 6.45) is 6.24. The Morgan fingerprint density at radius 1 is 0.953 bits per heavy atom. The first-order valence-corrected chi connectivity index (χ1v) is 15.1. The van der Waals surface area contributed by atoms with Gasteiger partial charge in [-0.25, -0.2) is 14.3 Å². The van der Waals surface area contributed by atoms with E-state index in [1.54, 1.807) is 17.9 Å². The van der Waals surface area contributed by atoms with Crippen molar-refractivity contribution < 1.29 is 14.3 Å². The largest absolute Gasteiger partial charge is 0.497 e. The summed E-state index contributed by atoms with van der Waals surface area (Å²) in [4.78, 5) is 25.7. The van der Waals surface area contributed by atoms with Crippen LogP contribution in [-0.2, 0) is 11.3 Å². The Bertz CT molecular complexity index is 1730. The minimum absolute atomic E-state index is 0.416. The van der Waals surface area contributed by atoms with E-state index in [1.807, 2.05) is 75.4 Å². The molecule has 9 nitrogen and oxygen atoms in total. The van der Waals surface area contributed by atoms with Gasteiger partial charge in [0.25, 0.3) is 0 Å². The van der Waals surface area contributed by atoms with Crippen LogP contribution in [0.5, 0.6) is 5.75 Å². The van der Waals surface area contributed by atoms with E-state index in [9.17, 15) is 4.79 Å². The third-order valence-electron chi connectivity index (χ3n) is 7.84. The van der Waals surface area contributed by atoms with Crippen molar-refractivity contribution in [2.45, 2.75) is 58.6 Å². The highest BCUT2D eigenvalue weighted by Crippen LogP contribution is 2.32. The molecule has 9 heteroatoms. The van der Waals surface area contributed by atoms with Crippen molar-refractivity contribution in [2.24, 2.45) is 0 Å². The SMILES string of the molecule is COc1ccc(Nc2nc3ncc(-c4cc5ccccc5n4C(=O)OC(C)(C)C)cc3n2CCCN2CCCCC2)cc1. The second-order valence-corrected chi connectivity index (χ2v) is 12.2. The number of ether oxygens (including phenoxy) is 2. The number of anilines is 2. The molecular weight excluding hydrogens is 540 g/mol. The Balaban J connectivity index is 1.40. The van der Waals surface area contributed by atoms with E-state index >= 15 is 0 Å². The normalized spacial score (nSPS) is 14.3. The number of pyridine rings is 1. The third-order valence-corrected chi connectivity index (χ3v) is 7.84. The van der Waals surface area contributed by atoms with E-state index in [0.717, 1.165) is 64.6 Å². The maximum atomic E-state index is 13.5. The molecule has 0 aliphatic carbocycles. The number of benzene rings is 2. The molecule has 0 unspecified atom stereocenters. The van der Waals surface area contributed by atoms with E-state index < -0.39 is 11.7 Å². The van der Waals surface area contributed by atoms with E-state index in [4.69, 9.17) is 19.4 Å². The number of carbonyl (C=O) groups is 1. The Morgan fingerprint density at radius 3 is 2.47 bits per heavy atom. The van der Waals surface area contributed by atoms with Gasteiger partial charge < -0.3 is 24.3 Å². The number of aromatic nitrogens is 4. The third kappa shape index (κ3) is 6.37. The maximum Gasteiger partial charge on any atom is 0.419 e. The topological polar surface area (TPSA) is 86.4 Å². The van der Waals surface area contributed by atoms with E-state index in [0.29, 0.717) is 5.65 Å². The van der Waals surface area contributed by atoms with Gasteiger partial charge in [-0.2, -0.15) is 4.98 Å². The molecule has 0 saturated carbocycles. The molecule has 1 fully saturated rings. The number of piperidine rings is 1. The Labute approximate surface area is 252 Å². The van der Waals surface area contributed by atoms with Gasteiger partial charge in [0.2, 0.25) is 5.95 Å². The number of methoxy groups -OCH3 is 1. The average molecular weight is 581 g/mol. The van der Waals surface area contributed by atoms with Gasteiger partial charge in [0.05, 0.1) is 23.8 Å². The number of para-hydroxylation sites is 1. The molecule has 5 aromatic rings. The van der Waals surface area contributed by atoms with Gasteiger partial charge in [-0.3, -0.25) is 0 Å². The molecule has 4 heterocycles. The Hall–Kier alpha value is -4.37. The zero-order valence-electron chi connectivity index (χ0n) is 25.5. The van der Waals surface area contributed by atoms with Crippen molar-refractivity contribution in [2.75, 3.05) is 32.1 Å². The number of nitrogens with one attached hydrogen (secondary N) is 1. The zero-order valence-corrected chi connectivity index (χ0v) is 25.5. The molecule has 6 rings (SSSR count). The van der Waals surface area contributed by atoms with Gasteiger partial charge in [-0.05, 0) is 102 Å². The van der Waals surface area contributed by atoms with Gasteiger partial charge in [0, 0.05) is 29.4 Å². The number of fused-ring (bicyclic) bond motifs is 2. The number of hydrogen-bond acceptors (Lipinski definition) is 7. The Morgan fingerprint density at radius 2 is 1.72 bits per heavy atom. The Kier molecular flexibility index (Phi) is 8.08. The first kappa shape index (κ1) is 28.7. The number of rotatable bonds is 8. The summed E-state index contributed by atoms with van der Waals surface area (Å²) in [5, 5.41) is 4.46. The second-order valence-electron chi connectivity index (χ2n) is 12.2. The molecule has 0 spiro atoms. The fourth-order valence-corrected chi connectivity index (χ4v) is 5.78. The van der Waals surface area contributed by atoms with Crippen LogP contribution < -0.4 is 10.1 Å². The highest BCUT2D eigenvalue weighted by Gasteiger charge is 2.24. The minimum atomic E-state index is -0.628. The van der Waals surface area contributed by atoms with Crippen molar-refractivity contribution >= 4 is 39.8 Å². The van der Waals surface area contributed by atoms with E-state index in [1.165, 1.54) is 32.4 Å². The van der Waals surface area contributed by atoms with Gasteiger partial charge in [0.1, 0.15) is 11.4 Å². The molecule has 1 N–H and O–H groups in total. The second kappa shape index (κ2) is 12.1. The monoisotopic (exact) mass is 580 g/mol. The molecule has 1 aliphatic heterocycles. The molecule has 3 aromatic heterocycles. The quantitative estimate of drug-likeness (QED) is 0.204. The molecule has 0 radical (unpaired) electrons. The maximum absolute atomic E-state index is 13.5. The van der Waals surface area contributed by atoms with Gasteiger partial charge in [-0.1, -0.05) is 24.6 Å². The summed E-state index contributed by atoms with van der Waals surface area (Å²) in [5.74, 6) is 1.53. The fraction of sp³-hybridized carbons (Fsp3) is 0.382. The van der Waals surface area contributed by atoms with Crippen LogP contribution in [0.1, 0.15) is 46.5 Å². The minimum Gasteiger partial charge on any atom is -0.497 e. The van der Waals surface area contributed by atoms with Crippen molar-refractivity contribution in [3.05, 3.63) is 66.9 Å². The van der Waals surface area contributed by atoms with E-state index in [-0.39, 0.29) is 0 Å². The van der Waals surface area contributed by atoms with Crippen LogP contribution in [0.25, 0.3) is 33.3 Å². The first-order valence-electron chi connectivity index (χ1n) is 15.1. The summed E-state index contributed by atoms with van der Waals surface area (Å²) in [6, 6.07) is 19.8. The fourth-order valence-electron chi connectivity index (χ4n) is 5.78. The van der Waals surface area contributed by atoms with Gasteiger partial charge in [0.15, 0.2) is 5.65 Å². The smallest absolute Gasteiger partial charge is 0.419 e.